The van der Waals surface area contributed by atoms with E-state index < -0.39 is 77.1 Å². The van der Waals surface area contributed by atoms with Gasteiger partial charge in [0.25, 0.3) is 5.91 Å². The number of aromatic nitrogens is 2. The Morgan fingerprint density at radius 2 is 1.63 bits per heavy atom. The third-order valence-corrected chi connectivity index (χ3v) is 11.1. The average Bonchev–Trinajstić information content (AvgIpc) is 3.66. The molecular formula is C37H54F3N7O5. The molecule has 1 saturated heterocycles. The molecule has 3 aliphatic carbocycles. The fourth-order valence-electron chi connectivity index (χ4n) is 8.25. The van der Waals surface area contributed by atoms with Crippen LogP contribution in [0.25, 0.3) is 0 Å². The van der Waals surface area contributed by atoms with E-state index in [2.05, 4.69) is 31.2 Å². The maximum Gasteiger partial charge on any atom is 0.409 e. The Kier molecular flexibility index (Phi) is 12.6. The largest absolute Gasteiger partial charge is 0.409 e. The molecule has 5 rings (SSSR count). The van der Waals surface area contributed by atoms with Gasteiger partial charge in [-0.3, -0.25) is 39.3 Å². The molecule has 288 valence electrons. The zero-order valence-corrected chi connectivity index (χ0v) is 30.6. The maximum atomic E-state index is 14.6. The molecule has 4 aliphatic rings. The lowest BCUT2D eigenvalue weighted by Gasteiger charge is -2.39. The van der Waals surface area contributed by atoms with Crippen LogP contribution in [-0.2, 0) is 24.0 Å². The SMILES string of the molecule is CCC[C@H](NC(=O)[C@@H]1[C@H]2CCC[C@H]2CN1C(=O)C(NC(=O)[C@@H](N[C@@H](c1cnccn1)C(F)(F)F)C1CCCCC1)C(C)(C)C)C(=O)C(=O)NC1CC1. The Labute approximate surface area is 303 Å². The van der Waals surface area contributed by atoms with E-state index >= 15 is 0 Å². The summed E-state index contributed by atoms with van der Waals surface area (Å²) in [5.74, 6) is -3.77. The van der Waals surface area contributed by atoms with Crippen molar-refractivity contribution in [1.29, 1.82) is 0 Å². The summed E-state index contributed by atoms with van der Waals surface area (Å²) in [4.78, 5) is 78.0. The highest BCUT2D eigenvalue weighted by Crippen LogP contribution is 2.43. The number of rotatable bonds is 14. The number of nitrogens with one attached hydrogen (secondary N) is 4. The van der Waals surface area contributed by atoms with Crippen molar-refractivity contribution >= 4 is 29.4 Å². The molecule has 0 spiro atoms. The number of nitrogens with zero attached hydrogens (tertiary/aromatic N) is 3. The van der Waals surface area contributed by atoms with Crippen LogP contribution < -0.4 is 21.3 Å². The third kappa shape index (κ3) is 9.48. The lowest BCUT2D eigenvalue weighted by Crippen LogP contribution is -2.62. The molecule has 3 saturated carbocycles. The predicted octanol–water partition coefficient (Wildman–Crippen LogP) is 3.91. The second-order valence-corrected chi connectivity index (χ2v) is 16.2. The van der Waals surface area contributed by atoms with Crippen molar-refractivity contribution < 1.29 is 37.1 Å². The second kappa shape index (κ2) is 16.6. The summed E-state index contributed by atoms with van der Waals surface area (Å²) >= 11 is 0. The molecular weight excluding hydrogens is 679 g/mol. The molecule has 0 radical (unpaired) electrons. The van der Waals surface area contributed by atoms with Gasteiger partial charge in [0.2, 0.25) is 23.5 Å². The first-order chi connectivity index (χ1) is 24.6. The number of alkyl halides is 3. The van der Waals surface area contributed by atoms with Gasteiger partial charge >= 0.3 is 6.18 Å². The Morgan fingerprint density at radius 3 is 2.23 bits per heavy atom. The van der Waals surface area contributed by atoms with E-state index in [1.165, 1.54) is 17.3 Å². The quantitative estimate of drug-likeness (QED) is 0.209. The summed E-state index contributed by atoms with van der Waals surface area (Å²) in [6.07, 6.45) is 6.97. The van der Waals surface area contributed by atoms with Crippen molar-refractivity contribution in [3.63, 3.8) is 0 Å². The number of carbonyl (C=O) groups excluding carboxylic acids is 5. The molecule has 2 heterocycles. The summed E-state index contributed by atoms with van der Waals surface area (Å²) in [6.45, 7) is 7.40. The van der Waals surface area contributed by atoms with Crippen LogP contribution in [0.4, 0.5) is 13.2 Å². The highest BCUT2D eigenvalue weighted by molar-refractivity contribution is 6.38. The minimum atomic E-state index is -4.79. The molecule has 1 aromatic rings. The highest BCUT2D eigenvalue weighted by atomic mass is 19.4. The number of hydrogen-bond donors (Lipinski definition) is 4. The van der Waals surface area contributed by atoms with Crippen LogP contribution in [0.2, 0.25) is 0 Å². The van der Waals surface area contributed by atoms with E-state index in [9.17, 15) is 37.1 Å². The first-order valence-electron chi connectivity index (χ1n) is 18.9. The Bertz CT molecular complexity index is 1440. The van der Waals surface area contributed by atoms with Gasteiger partial charge in [0.15, 0.2) is 0 Å². The van der Waals surface area contributed by atoms with Crippen LogP contribution in [0, 0.1) is 23.2 Å². The van der Waals surface area contributed by atoms with Gasteiger partial charge in [-0.15, -0.1) is 0 Å². The summed E-state index contributed by atoms with van der Waals surface area (Å²) in [5.41, 5.74) is -1.26. The number of hydrogen-bond acceptors (Lipinski definition) is 8. The van der Waals surface area contributed by atoms with Crippen molar-refractivity contribution in [3.05, 3.63) is 24.3 Å². The van der Waals surface area contributed by atoms with Crippen molar-refractivity contribution in [3.8, 4) is 0 Å². The van der Waals surface area contributed by atoms with Crippen LogP contribution in [0.1, 0.15) is 116 Å². The first kappa shape index (κ1) is 39.6. The fraction of sp³-hybridized carbons (Fsp3) is 0.757. The molecule has 0 bridgehead atoms. The predicted molar refractivity (Wildman–Crippen MR) is 185 cm³/mol. The number of Topliss-reactive ketones (excluding diaryl/α,β-unsaturated/α-hetero) is 1. The van der Waals surface area contributed by atoms with Crippen molar-refractivity contribution in [2.24, 2.45) is 23.2 Å². The lowest BCUT2D eigenvalue weighted by atomic mass is 9.81. The molecule has 1 aromatic heterocycles. The number of halogens is 3. The maximum absolute atomic E-state index is 14.6. The van der Waals surface area contributed by atoms with Gasteiger partial charge in [0, 0.05) is 25.0 Å². The topological polar surface area (TPSA) is 162 Å². The Hall–Kier alpha value is -3.62. The molecule has 7 atom stereocenters. The molecule has 4 amide bonds. The van der Waals surface area contributed by atoms with Gasteiger partial charge in [0.05, 0.1) is 24.0 Å². The number of amides is 4. The fourth-order valence-corrected chi connectivity index (χ4v) is 8.25. The zero-order chi connectivity index (χ0) is 37.8. The van der Waals surface area contributed by atoms with Crippen molar-refractivity contribution in [2.75, 3.05) is 6.54 Å². The minimum absolute atomic E-state index is 0.0274. The van der Waals surface area contributed by atoms with Gasteiger partial charge < -0.3 is 20.9 Å². The standard InChI is InChI=1S/C37H54F3N7O5/c1-5-10-25(29(48)34(51)43-23-15-16-23)44-33(50)28-24-14-9-13-22(24)20-47(28)35(52)31(36(2,3)4)46-32(49)27(21-11-7-6-8-12-21)45-30(37(38,39)40)26-19-41-17-18-42-26/h17-19,21-25,27-28,30-31,45H,5-16,20H2,1-4H3,(H,43,51)(H,44,50)(H,46,49)/t22-,24-,25-,27-,28-,30-,31?/m0/s1. The molecule has 4 N–H and O–H groups in total. The van der Waals surface area contributed by atoms with E-state index in [1.54, 1.807) is 20.8 Å². The number of fused-ring (bicyclic) bond motifs is 1. The van der Waals surface area contributed by atoms with Crippen LogP contribution in [0.3, 0.4) is 0 Å². The Balaban J connectivity index is 1.39. The first-order valence-corrected chi connectivity index (χ1v) is 18.9. The highest BCUT2D eigenvalue weighted by Gasteiger charge is 2.53. The van der Waals surface area contributed by atoms with Crippen LogP contribution >= 0.6 is 0 Å². The van der Waals surface area contributed by atoms with Crippen LogP contribution in [0.5, 0.6) is 0 Å². The smallest absolute Gasteiger partial charge is 0.347 e. The van der Waals surface area contributed by atoms with E-state index in [0.29, 0.717) is 25.7 Å². The summed E-state index contributed by atoms with van der Waals surface area (Å²) in [5, 5.41) is 10.9. The van der Waals surface area contributed by atoms with E-state index in [-0.39, 0.29) is 36.5 Å². The van der Waals surface area contributed by atoms with Crippen LogP contribution in [0.15, 0.2) is 18.6 Å². The molecule has 1 unspecified atom stereocenters. The minimum Gasteiger partial charge on any atom is -0.347 e. The summed E-state index contributed by atoms with van der Waals surface area (Å²) in [7, 11) is 0. The molecule has 12 nitrogen and oxygen atoms in total. The zero-order valence-electron chi connectivity index (χ0n) is 30.6. The molecule has 4 fully saturated rings. The number of carbonyl (C=O) groups is 5. The Morgan fingerprint density at radius 1 is 0.923 bits per heavy atom. The molecule has 15 heteroatoms. The second-order valence-electron chi connectivity index (χ2n) is 16.2. The van der Waals surface area contributed by atoms with Crippen molar-refractivity contribution in [2.45, 2.75) is 147 Å². The molecule has 0 aromatic carbocycles. The summed E-state index contributed by atoms with van der Waals surface area (Å²) in [6, 6.07) is -6.74. The van der Waals surface area contributed by atoms with Gasteiger partial charge in [0.1, 0.15) is 18.1 Å². The number of likely N-dealkylation sites (tertiary alicyclic amines) is 1. The monoisotopic (exact) mass is 733 g/mol. The van der Waals surface area contributed by atoms with E-state index in [4.69, 9.17) is 0 Å². The average molecular weight is 734 g/mol. The van der Waals surface area contributed by atoms with E-state index in [0.717, 1.165) is 51.1 Å². The lowest BCUT2D eigenvalue weighted by molar-refractivity contribution is -0.163. The van der Waals surface area contributed by atoms with Gasteiger partial charge in [-0.05, 0) is 68.1 Å². The van der Waals surface area contributed by atoms with Crippen LogP contribution in [-0.4, -0.2) is 87.2 Å². The normalized spacial score (nSPS) is 24.7. The summed E-state index contributed by atoms with van der Waals surface area (Å²) < 4.78 is 43.5. The van der Waals surface area contributed by atoms with Gasteiger partial charge in [-0.1, -0.05) is 59.8 Å². The molecule has 1 aliphatic heterocycles. The van der Waals surface area contributed by atoms with Crippen molar-refractivity contribution in [1.82, 2.24) is 36.1 Å². The number of ketones is 1. The molecule has 52 heavy (non-hydrogen) atoms. The van der Waals surface area contributed by atoms with E-state index in [1.807, 2.05) is 6.92 Å². The van der Waals surface area contributed by atoms with Gasteiger partial charge in [-0.2, -0.15) is 13.2 Å². The third-order valence-electron chi connectivity index (χ3n) is 11.1. The van der Waals surface area contributed by atoms with Gasteiger partial charge in [-0.25, -0.2) is 0 Å².